The summed E-state index contributed by atoms with van der Waals surface area (Å²) in [6, 6.07) is 0. The van der Waals surface area contributed by atoms with E-state index in [1.165, 1.54) is 4.90 Å². The van der Waals surface area contributed by atoms with E-state index >= 15 is 0 Å². The molecule has 0 aromatic rings. The average Bonchev–Trinajstić information content (AvgIpc) is 2.88. The Hall–Kier alpha value is -1.30. The zero-order valence-electron chi connectivity index (χ0n) is 11.1. The molecule has 0 unspecified atom stereocenters. The molecule has 0 radical (unpaired) electrons. The highest BCUT2D eigenvalue weighted by Crippen LogP contribution is 2.12. The lowest BCUT2D eigenvalue weighted by Gasteiger charge is -2.21. The van der Waals surface area contributed by atoms with Crippen LogP contribution in [-0.4, -0.2) is 56.4 Å². The molecule has 0 bridgehead atoms. The molecule has 1 rings (SSSR count). The summed E-state index contributed by atoms with van der Waals surface area (Å²) >= 11 is 0. The number of carbonyl (C=O) groups is 2. The third-order valence-corrected chi connectivity index (χ3v) is 2.78. The predicted molar refractivity (Wildman–Crippen MR) is 66.3 cm³/mol. The van der Waals surface area contributed by atoms with Gasteiger partial charge in [-0.25, -0.2) is 4.79 Å². The molecular weight excluding hydrogens is 236 g/mol. The highest BCUT2D eigenvalue weighted by atomic mass is 16.6. The van der Waals surface area contributed by atoms with Crippen LogP contribution in [0.4, 0.5) is 4.79 Å². The first kappa shape index (κ1) is 14.8. The smallest absolute Gasteiger partial charge is 0.410 e. The van der Waals surface area contributed by atoms with Gasteiger partial charge in [-0.15, -0.1) is 0 Å². The first-order chi connectivity index (χ1) is 8.67. The lowest BCUT2D eigenvalue weighted by molar-refractivity contribution is -0.121. The van der Waals surface area contributed by atoms with E-state index in [1.807, 2.05) is 6.92 Å². The van der Waals surface area contributed by atoms with Crippen LogP contribution in [0.15, 0.2) is 0 Å². The number of ether oxygens (including phenoxy) is 2. The van der Waals surface area contributed by atoms with Crippen LogP contribution in [0.3, 0.4) is 0 Å². The van der Waals surface area contributed by atoms with Crippen LogP contribution in [-0.2, 0) is 14.3 Å². The molecule has 1 fully saturated rings. The number of nitrogens with zero attached hydrogens (tertiary/aromatic N) is 1. The van der Waals surface area contributed by atoms with Crippen LogP contribution >= 0.6 is 0 Å². The van der Waals surface area contributed by atoms with Crippen molar-refractivity contribution in [3.63, 3.8) is 0 Å². The number of hydrogen-bond donors (Lipinski definition) is 1. The second-order valence-electron chi connectivity index (χ2n) is 4.31. The zero-order chi connectivity index (χ0) is 13.4. The number of nitrogens with one attached hydrogen (secondary N) is 1. The molecule has 1 atom stereocenters. The number of likely N-dealkylation sites (N-methyl/N-ethyl adjacent to an activating group) is 1. The van der Waals surface area contributed by atoms with Gasteiger partial charge in [-0.3, -0.25) is 9.69 Å². The second kappa shape index (κ2) is 7.92. The van der Waals surface area contributed by atoms with E-state index < -0.39 is 6.09 Å². The molecule has 1 aliphatic heterocycles. The monoisotopic (exact) mass is 258 g/mol. The minimum atomic E-state index is -0.448. The van der Waals surface area contributed by atoms with Crippen molar-refractivity contribution in [3.05, 3.63) is 0 Å². The highest BCUT2D eigenvalue weighted by Gasteiger charge is 2.21. The van der Waals surface area contributed by atoms with Gasteiger partial charge in [0, 0.05) is 20.2 Å². The minimum Gasteiger partial charge on any atom is -0.447 e. The van der Waals surface area contributed by atoms with E-state index in [9.17, 15) is 9.59 Å². The van der Waals surface area contributed by atoms with Crippen LogP contribution in [0, 0.1) is 0 Å². The number of hydrogen-bond acceptors (Lipinski definition) is 4. The fourth-order valence-electron chi connectivity index (χ4n) is 1.79. The molecule has 6 nitrogen and oxygen atoms in total. The van der Waals surface area contributed by atoms with Gasteiger partial charge in [0.2, 0.25) is 5.91 Å². The van der Waals surface area contributed by atoms with Gasteiger partial charge in [0.25, 0.3) is 0 Å². The van der Waals surface area contributed by atoms with Gasteiger partial charge in [0.15, 0.2) is 0 Å². The SMILES string of the molecule is CCCN(CC(=O)NC)C(=O)OC[C@@H]1CCCO1. The van der Waals surface area contributed by atoms with Crippen LogP contribution < -0.4 is 5.32 Å². The van der Waals surface area contributed by atoms with E-state index in [4.69, 9.17) is 9.47 Å². The second-order valence-corrected chi connectivity index (χ2v) is 4.31. The third kappa shape index (κ3) is 4.91. The van der Waals surface area contributed by atoms with Gasteiger partial charge in [-0.1, -0.05) is 6.92 Å². The van der Waals surface area contributed by atoms with E-state index in [-0.39, 0.29) is 25.2 Å². The lowest BCUT2D eigenvalue weighted by atomic mass is 10.2. The molecule has 1 heterocycles. The lowest BCUT2D eigenvalue weighted by Crippen LogP contribution is -2.41. The summed E-state index contributed by atoms with van der Waals surface area (Å²) in [5, 5.41) is 2.49. The van der Waals surface area contributed by atoms with E-state index in [0.29, 0.717) is 6.54 Å². The maximum Gasteiger partial charge on any atom is 0.410 e. The molecule has 2 amide bonds. The Bertz CT molecular complexity index is 277. The van der Waals surface area contributed by atoms with Crippen LogP contribution in [0.25, 0.3) is 0 Å². The van der Waals surface area contributed by atoms with Crippen molar-refractivity contribution in [1.29, 1.82) is 0 Å². The Morgan fingerprint density at radius 3 is 2.83 bits per heavy atom. The van der Waals surface area contributed by atoms with Gasteiger partial charge in [0.1, 0.15) is 13.2 Å². The number of rotatable bonds is 6. The molecular formula is C12H22N2O4. The van der Waals surface area contributed by atoms with E-state index in [0.717, 1.165) is 25.9 Å². The Balaban J connectivity index is 2.35. The van der Waals surface area contributed by atoms with Crippen LogP contribution in [0.2, 0.25) is 0 Å². The molecule has 1 aliphatic rings. The summed E-state index contributed by atoms with van der Waals surface area (Å²) in [6.45, 7) is 3.50. The number of amides is 2. The molecule has 104 valence electrons. The zero-order valence-corrected chi connectivity index (χ0v) is 11.1. The summed E-state index contributed by atoms with van der Waals surface area (Å²) in [4.78, 5) is 24.5. The topological polar surface area (TPSA) is 67.9 Å². The molecule has 1 N–H and O–H groups in total. The molecule has 0 aromatic carbocycles. The number of carbonyl (C=O) groups excluding carboxylic acids is 2. The van der Waals surface area contributed by atoms with Gasteiger partial charge in [-0.2, -0.15) is 0 Å². The first-order valence-electron chi connectivity index (χ1n) is 6.41. The summed E-state index contributed by atoms with van der Waals surface area (Å²) in [5.74, 6) is -0.197. The molecule has 0 spiro atoms. The maximum absolute atomic E-state index is 11.8. The van der Waals surface area contributed by atoms with Crippen molar-refractivity contribution in [2.45, 2.75) is 32.3 Å². The maximum atomic E-state index is 11.8. The summed E-state index contributed by atoms with van der Waals surface area (Å²) in [7, 11) is 1.55. The Morgan fingerprint density at radius 1 is 1.50 bits per heavy atom. The van der Waals surface area contributed by atoms with Crippen molar-refractivity contribution in [2.24, 2.45) is 0 Å². The van der Waals surface area contributed by atoms with Gasteiger partial charge >= 0.3 is 6.09 Å². The van der Waals surface area contributed by atoms with Crippen LogP contribution in [0.5, 0.6) is 0 Å². The summed E-state index contributed by atoms with van der Waals surface area (Å²) in [5.41, 5.74) is 0. The van der Waals surface area contributed by atoms with Crippen molar-refractivity contribution >= 4 is 12.0 Å². The molecule has 18 heavy (non-hydrogen) atoms. The normalized spacial score (nSPS) is 18.4. The van der Waals surface area contributed by atoms with E-state index in [2.05, 4.69) is 5.32 Å². The van der Waals surface area contributed by atoms with Crippen molar-refractivity contribution < 1.29 is 19.1 Å². The Morgan fingerprint density at radius 2 is 2.28 bits per heavy atom. The van der Waals surface area contributed by atoms with Crippen molar-refractivity contribution in [1.82, 2.24) is 10.2 Å². The van der Waals surface area contributed by atoms with E-state index in [1.54, 1.807) is 7.05 Å². The third-order valence-electron chi connectivity index (χ3n) is 2.78. The molecule has 0 aliphatic carbocycles. The molecule has 1 saturated heterocycles. The van der Waals surface area contributed by atoms with Gasteiger partial charge in [-0.05, 0) is 19.3 Å². The van der Waals surface area contributed by atoms with Gasteiger partial charge < -0.3 is 14.8 Å². The summed E-state index contributed by atoms with van der Waals surface area (Å²) in [6.07, 6.45) is 2.29. The Labute approximate surface area is 108 Å². The summed E-state index contributed by atoms with van der Waals surface area (Å²) < 4.78 is 10.5. The molecule has 0 saturated carbocycles. The minimum absolute atomic E-state index is 0.0115. The highest BCUT2D eigenvalue weighted by molar-refractivity contribution is 5.81. The first-order valence-corrected chi connectivity index (χ1v) is 6.41. The predicted octanol–water partition coefficient (Wildman–Crippen LogP) is 0.760. The Kier molecular flexibility index (Phi) is 6.49. The molecule has 6 heteroatoms. The average molecular weight is 258 g/mol. The van der Waals surface area contributed by atoms with Gasteiger partial charge in [0.05, 0.1) is 6.10 Å². The fourth-order valence-corrected chi connectivity index (χ4v) is 1.79. The van der Waals surface area contributed by atoms with Crippen molar-refractivity contribution in [2.75, 3.05) is 33.4 Å². The fraction of sp³-hybridized carbons (Fsp3) is 0.833. The molecule has 0 aromatic heterocycles. The standard InChI is InChI=1S/C12H22N2O4/c1-3-6-14(8-11(15)13-2)12(16)18-9-10-5-4-7-17-10/h10H,3-9H2,1-2H3,(H,13,15)/t10-/m0/s1. The van der Waals surface area contributed by atoms with Crippen LogP contribution in [0.1, 0.15) is 26.2 Å². The quantitative estimate of drug-likeness (QED) is 0.763. The largest absolute Gasteiger partial charge is 0.447 e. The van der Waals surface area contributed by atoms with Crippen molar-refractivity contribution in [3.8, 4) is 0 Å².